The third-order valence-corrected chi connectivity index (χ3v) is 6.21. The fraction of sp³-hybridized carbons (Fsp3) is 0.167. The molecule has 8 nitrogen and oxygen atoms in total. The van der Waals surface area contributed by atoms with Gasteiger partial charge >= 0.3 is 0 Å². The normalized spacial score (nSPS) is 11.2. The van der Waals surface area contributed by atoms with E-state index in [1.807, 2.05) is 70.4 Å². The molecule has 3 aromatic heterocycles. The van der Waals surface area contributed by atoms with Gasteiger partial charge in [-0.05, 0) is 54.3 Å². The summed E-state index contributed by atoms with van der Waals surface area (Å²) in [4.78, 5) is 24.9. The largest absolute Gasteiger partial charge is 0.457 e. The second kappa shape index (κ2) is 8.87. The fourth-order valence-electron chi connectivity index (χ4n) is 3.68. The number of thiophene rings is 1. The number of hydrogen-bond acceptors (Lipinski definition) is 6. The van der Waals surface area contributed by atoms with Crippen LogP contribution in [0.1, 0.15) is 18.7 Å². The van der Waals surface area contributed by atoms with Crippen LogP contribution in [0.15, 0.2) is 70.8 Å². The summed E-state index contributed by atoms with van der Waals surface area (Å²) < 4.78 is 9.85. The number of fused-ring (bicyclic) bond motifs is 3. The molecule has 1 amide bonds. The van der Waals surface area contributed by atoms with Crippen LogP contribution in [0.25, 0.3) is 16.0 Å². The minimum absolute atomic E-state index is 0.0753. The summed E-state index contributed by atoms with van der Waals surface area (Å²) in [5, 5.41) is 13.2. The van der Waals surface area contributed by atoms with Crippen molar-refractivity contribution in [2.24, 2.45) is 7.05 Å². The highest BCUT2D eigenvalue weighted by molar-refractivity contribution is 7.17. The van der Waals surface area contributed by atoms with E-state index in [4.69, 9.17) is 4.74 Å². The van der Waals surface area contributed by atoms with E-state index in [1.165, 1.54) is 15.9 Å². The Labute approximate surface area is 193 Å². The Hall–Kier alpha value is -3.98. The molecule has 1 N–H and O–H groups in total. The van der Waals surface area contributed by atoms with E-state index in [-0.39, 0.29) is 11.5 Å². The molecule has 0 saturated heterocycles. The molecular weight excluding hydrogens is 438 g/mol. The van der Waals surface area contributed by atoms with Gasteiger partial charge in [0, 0.05) is 25.6 Å². The van der Waals surface area contributed by atoms with Crippen LogP contribution < -0.4 is 15.6 Å². The van der Waals surface area contributed by atoms with Gasteiger partial charge < -0.3 is 10.1 Å². The van der Waals surface area contributed by atoms with Crippen molar-refractivity contribution in [3.05, 3.63) is 82.2 Å². The molecule has 0 aliphatic carbocycles. The predicted molar refractivity (Wildman–Crippen MR) is 128 cm³/mol. The average molecular weight is 460 g/mol. The Kier molecular flexibility index (Phi) is 5.62. The van der Waals surface area contributed by atoms with Crippen LogP contribution in [0.4, 0.5) is 5.69 Å². The Morgan fingerprint density at radius 2 is 1.79 bits per heavy atom. The summed E-state index contributed by atoms with van der Waals surface area (Å²) in [6.45, 7) is 0. The lowest BCUT2D eigenvalue weighted by Crippen LogP contribution is -2.19. The van der Waals surface area contributed by atoms with Crippen molar-refractivity contribution in [1.29, 1.82) is 0 Å². The number of aryl methyl sites for hydroxylation is 2. The molecular formula is C24H21N5O3S. The van der Waals surface area contributed by atoms with Crippen LogP contribution in [0.5, 0.6) is 11.5 Å². The highest BCUT2D eigenvalue weighted by Gasteiger charge is 2.15. The second-order valence-corrected chi connectivity index (χ2v) is 8.51. The Bertz CT molecular complexity index is 1490. The fourth-order valence-corrected chi connectivity index (χ4v) is 4.53. The lowest BCUT2D eigenvalue weighted by atomic mass is 10.2. The summed E-state index contributed by atoms with van der Waals surface area (Å²) in [6, 6.07) is 18.7. The van der Waals surface area contributed by atoms with Gasteiger partial charge in [0.1, 0.15) is 22.0 Å². The van der Waals surface area contributed by atoms with Crippen LogP contribution >= 0.6 is 11.3 Å². The molecule has 0 unspecified atom stereocenters. The van der Waals surface area contributed by atoms with E-state index in [1.54, 1.807) is 7.05 Å². The summed E-state index contributed by atoms with van der Waals surface area (Å²) in [7, 11) is 1.69. The number of ether oxygens (including phenoxy) is 1. The van der Waals surface area contributed by atoms with Gasteiger partial charge in [0.25, 0.3) is 5.56 Å². The van der Waals surface area contributed by atoms with Gasteiger partial charge in [-0.2, -0.15) is 0 Å². The van der Waals surface area contributed by atoms with Crippen molar-refractivity contribution in [1.82, 2.24) is 19.2 Å². The number of rotatable bonds is 7. The Morgan fingerprint density at radius 1 is 1.03 bits per heavy atom. The number of para-hydroxylation sites is 1. The minimum Gasteiger partial charge on any atom is -0.457 e. The first-order chi connectivity index (χ1) is 16.1. The average Bonchev–Trinajstić information content (AvgIpc) is 3.47. The first-order valence-electron chi connectivity index (χ1n) is 10.5. The molecule has 9 heteroatoms. The molecule has 166 valence electrons. The standard InChI is InChI=1S/C24H21N5O3S/c1-28-23(31)22-19(14-15-33-22)29-20(26-27-24(28)29)8-5-9-21(30)25-16-10-12-18(13-11-16)32-17-6-3-2-4-7-17/h2-4,6-7,10-15H,5,8-9H2,1H3,(H,25,30). The third-order valence-electron chi connectivity index (χ3n) is 5.32. The van der Waals surface area contributed by atoms with Crippen molar-refractivity contribution in [3.63, 3.8) is 0 Å². The molecule has 3 heterocycles. The van der Waals surface area contributed by atoms with Crippen molar-refractivity contribution in [2.75, 3.05) is 5.32 Å². The van der Waals surface area contributed by atoms with Gasteiger partial charge in [0.15, 0.2) is 0 Å². The highest BCUT2D eigenvalue weighted by atomic mass is 32.1. The molecule has 2 aromatic carbocycles. The highest BCUT2D eigenvalue weighted by Crippen LogP contribution is 2.23. The Balaban J connectivity index is 1.20. The van der Waals surface area contributed by atoms with Gasteiger partial charge in [-0.15, -0.1) is 21.5 Å². The molecule has 5 aromatic rings. The molecule has 0 aliphatic heterocycles. The number of hydrogen-bond donors (Lipinski definition) is 1. The topological polar surface area (TPSA) is 90.5 Å². The number of carbonyl (C=O) groups is 1. The molecule has 5 rings (SSSR count). The number of carbonyl (C=O) groups excluding carboxylic acids is 1. The zero-order chi connectivity index (χ0) is 22.8. The van der Waals surface area contributed by atoms with Crippen molar-refractivity contribution >= 4 is 38.9 Å². The third kappa shape index (κ3) is 4.22. The monoisotopic (exact) mass is 459 g/mol. The quantitative estimate of drug-likeness (QED) is 0.390. The zero-order valence-electron chi connectivity index (χ0n) is 17.9. The first kappa shape index (κ1) is 20.9. The van der Waals surface area contributed by atoms with Gasteiger partial charge in [0.2, 0.25) is 11.7 Å². The van der Waals surface area contributed by atoms with Crippen molar-refractivity contribution < 1.29 is 9.53 Å². The van der Waals surface area contributed by atoms with E-state index in [0.717, 1.165) is 17.1 Å². The van der Waals surface area contributed by atoms with Crippen molar-refractivity contribution in [2.45, 2.75) is 19.3 Å². The zero-order valence-corrected chi connectivity index (χ0v) is 18.7. The molecule has 33 heavy (non-hydrogen) atoms. The minimum atomic E-state index is -0.0778. The van der Waals surface area contributed by atoms with Crippen LogP contribution in [0.2, 0.25) is 0 Å². The number of nitrogens with zero attached hydrogens (tertiary/aromatic N) is 4. The molecule has 0 fully saturated rings. The van der Waals surface area contributed by atoms with E-state index in [9.17, 15) is 9.59 Å². The number of anilines is 1. The molecule has 0 aliphatic rings. The summed E-state index contributed by atoms with van der Waals surface area (Å²) >= 11 is 1.40. The summed E-state index contributed by atoms with van der Waals surface area (Å²) in [5.41, 5.74) is 1.44. The van der Waals surface area contributed by atoms with Crippen LogP contribution in [-0.4, -0.2) is 25.1 Å². The molecule has 0 radical (unpaired) electrons. The van der Waals surface area contributed by atoms with E-state index in [0.29, 0.717) is 41.2 Å². The maximum absolute atomic E-state index is 12.4. The summed E-state index contributed by atoms with van der Waals surface area (Å²) in [5.74, 6) is 2.62. The first-order valence-corrected chi connectivity index (χ1v) is 11.4. The van der Waals surface area contributed by atoms with Crippen molar-refractivity contribution in [3.8, 4) is 11.5 Å². The molecule has 0 spiro atoms. The van der Waals surface area contributed by atoms with Crippen LogP contribution in [0, 0.1) is 0 Å². The second-order valence-electron chi connectivity index (χ2n) is 7.59. The lowest BCUT2D eigenvalue weighted by Gasteiger charge is -2.08. The van der Waals surface area contributed by atoms with Gasteiger partial charge in [-0.3, -0.25) is 18.6 Å². The SMILES string of the molecule is Cn1c(=O)c2sccc2n2c(CCCC(=O)Nc3ccc(Oc4ccccc4)cc3)nnc12. The van der Waals surface area contributed by atoms with Gasteiger partial charge in [0.05, 0.1) is 5.52 Å². The maximum atomic E-state index is 12.4. The van der Waals surface area contributed by atoms with E-state index >= 15 is 0 Å². The number of nitrogens with one attached hydrogen (secondary N) is 1. The number of amides is 1. The predicted octanol–water partition coefficient (Wildman–Crippen LogP) is 4.40. The summed E-state index contributed by atoms with van der Waals surface area (Å²) in [6.07, 6.45) is 1.52. The van der Waals surface area contributed by atoms with Gasteiger partial charge in [-0.25, -0.2) is 0 Å². The number of aromatic nitrogens is 4. The molecule has 0 bridgehead atoms. The van der Waals surface area contributed by atoms with E-state index < -0.39 is 0 Å². The van der Waals surface area contributed by atoms with Crippen LogP contribution in [-0.2, 0) is 18.3 Å². The van der Waals surface area contributed by atoms with Gasteiger partial charge in [-0.1, -0.05) is 18.2 Å². The number of benzene rings is 2. The van der Waals surface area contributed by atoms with Crippen LogP contribution in [0.3, 0.4) is 0 Å². The molecule has 0 saturated carbocycles. The lowest BCUT2D eigenvalue weighted by molar-refractivity contribution is -0.116. The molecule has 0 atom stereocenters. The Morgan fingerprint density at radius 3 is 2.58 bits per heavy atom. The smallest absolute Gasteiger partial charge is 0.272 e. The maximum Gasteiger partial charge on any atom is 0.272 e. The van der Waals surface area contributed by atoms with E-state index in [2.05, 4.69) is 15.5 Å².